The van der Waals surface area contributed by atoms with Crippen molar-refractivity contribution in [1.82, 2.24) is 9.80 Å². The largest absolute Gasteiger partial charge is 0.483 e. The predicted molar refractivity (Wildman–Crippen MR) is 78.5 cm³/mol. The zero-order valence-electron chi connectivity index (χ0n) is 12.0. The molecule has 1 aromatic carbocycles. The molecule has 0 aliphatic carbocycles. The topological polar surface area (TPSA) is 58.8 Å². The van der Waals surface area contributed by atoms with Gasteiger partial charge in [-0.1, -0.05) is 25.1 Å². The van der Waals surface area contributed by atoms with Gasteiger partial charge >= 0.3 is 0 Å². The lowest BCUT2D eigenvalue weighted by Gasteiger charge is -2.34. The maximum absolute atomic E-state index is 12.1. The molecule has 1 saturated heterocycles. The Morgan fingerprint density at radius 2 is 1.95 bits per heavy atom. The molecule has 1 fully saturated rings. The Balaban J connectivity index is 1.83. The summed E-state index contributed by atoms with van der Waals surface area (Å²) >= 11 is 0. The van der Waals surface area contributed by atoms with Crippen molar-refractivity contribution in [3.63, 3.8) is 0 Å². The van der Waals surface area contributed by atoms with Crippen molar-refractivity contribution >= 4 is 5.91 Å². The van der Waals surface area contributed by atoms with Gasteiger partial charge in [0.05, 0.1) is 0 Å². The van der Waals surface area contributed by atoms with Gasteiger partial charge in [0.2, 0.25) is 0 Å². The molecule has 1 amide bonds. The lowest BCUT2D eigenvalue weighted by Crippen LogP contribution is -2.49. The second kappa shape index (κ2) is 7.26. The molecule has 0 saturated carbocycles. The van der Waals surface area contributed by atoms with E-state index in [4.69, 9.17) is 10.5 Å². The molecule has 1 aliphatic rings. The first-order valence-electron chi connectivity index (χ1n) is 7.15. The molecule has 0 atom stereocenters. The zero-order chi connectivity index (χ0) is 14.4. The van der Waals surface area contributed by atoms with Gasteiger partial charge in [0.1, 0.15) is 5.75 Å². The molecule has 0 aromatic heterocycles. The molecule has 5 heteroatoms. The van der Waals surface area contributed by atoms with Crippen LogP contribution in [0.1, 0.15) is 12.5 Å². The van der Waals surface area contributed by atoms with E-state index in [0.29, 0.717) is 12.3 Å². The maximum Gasteiger partial charge on any atom is 0.260 e. The van der Waals surface area contributed by atoms with Crippen molar-refractivity contribution in [2.45, 2.75) is 13.5 Å². The van der Waals surface area contributed by atoms with Gasteiger partial charge in [-0.05, 0) is 12.6 Å². The fourth-order valence-corrected chi connectivity index (χ4v) is 2.36. The van der Waals surface area contributed by atoms with Crippen LogP contribution >= 0.6 is 0 Å². The smallest absolute Gasteiger partial charge is 0.260 e. The molecule has 1 heterocycles. The molecular weight excluding hydrogens is 254 g/mol. The summed E-state index contributed by atoms with van der Waals surface area (Å²) in [5, 5.41) is 0. The molecule has 2 rings (SSSR count). The Bertz CT molecular complexity index is 442. The second-order valence-electron chi connectivity index (χ2n) is 4.92. The summed E-state index contributed by atoms with van der Waals surface area (Å²) in [5.74, 6) is 0.753. The molecule has 1 aliphatic heterocycles. The van der Waals surface area contributed by atoms with Gasteiger partial charge in [0, 0.05) is 38.3 Å². The van der Waals surface area contributed by atoms with Gasteiger partial charge in [0.15, 0.2) is 6.61 Å². The van der Waals surface area contributed by atoms with E-state index in [1.807, 2.05) is 29.2 Å². The van der Waals surface area contributed by atoms with Crippen LogP contribution in [0.2, 0.25) is 0 Å². The standard InChI is InChI=1S/C15H23N3O2/c1-2-17-7-9-18(10-8-17)15(19)12-20-14-6-4-3-5-13(14)11-16/h3-6H,2,7-12,16H2,1H3. The number of rotatable bonds is 5. The van der Waals surface area contributed by atoms with Gasteiger partial charge in [0.25, 0.3) is 5.91 Å². The highest BCUT2D eigenvalue weighted by molar-refractivity contribution is 5.78. The number of hydrogen-bond donors (Lipinski definition) is 1. The monoisotopic (exact) mass is 277 g/mol. The first-order chi connectivity index (χ1) is 9.74. The quantitative estimate of drug-likeness (QED) is 0.860. The predicted octanol–water partition coefficient (Wildman–Crippen LogP) is 0.688. The van der Waals surface area contributed by atoms with Crippen LogP contribution in [0, 0.1) is 0 Å². The van der Waals surface area contributed by atoms with Crippen molar-refractivity contribution in [3.8, 4) is 5.75 Å². The Hall–Kier alpha value is -1.59. The highest BCUT2D eigenvalue weighted by atomic mass is 16.5. The van der Waals surface area contributed by atoms with E-state index in [0.717, 1.165) is 38.3 Å². The van der Waals surface area contributed by atoms with Crippen LogP contribution in [-0.4, -0.2) is 55.0 Å². The maximum atomic E-state index is 12.1. The van der Waals surface area contributed by atoms with Gasteiger partial charge in [-0.15, -0.1) is 0 Å². The van der Waals surface area contributed by atoms with E-state index in [-0.39, 0.29) is 12.5 Å². The Kier molecular flexibility index (Phi) is 5.38. The Morgan fingerprint density at radius 3 is 2.60 bits per heavy atom. The van der Waals surface area contributed by atoms with Gasteiger partial charge in [-0.3, -0.25) is 4.79 Å². The molecule has 0 spiro atoms. The summed E-state index contributed by atoms with van der Waals surface area (Å²) in [6.45, 7) is 7.15. The number of nitrogens with two attached hydrogens (primary N) is 1. The lowest BCUT2D eigenvalue weighted by atomic mass is 10.2. The normalized spacial score (nSPS) is 16.2. The lowest BCUT2D eigenvalue weighted by molar-refractivity contribution is -0.135. The number of benzene rings is 1. The van der Waals surface area contributed by atoms with Crippen LogP contribution in [0.5, 0.6) is 5.75 Å². The molecule has 0 unspecified atom stereocenters. The van der Waals surface area contributed by atoms with E-state index < -0.39 is 0 Å². The summed E-state index contributed by atoms with van der Waals surface area (Å²) in [6.07, 6.45) is 0. The summed E-state index contributed by atoms with van der Waals surface area (Å²) < 4.78 is 5.61. The van der Waals surface area contributed by atoms with Crippen LogP contribution in [0.15, 0.2) is 24.3 Å². The molecule has 0 bridgehead atoms. The summed E-state index contributed by atoms with van der Waals surface area (Å²) in [5.41, 5.74) is 6.58. The van der Waals surface area contributed by atoms with Crippen molar-refractivity contribution in [2.75, 3.05) is 39.3 Å². The van der Waals surface area contributed by atoms with E-state index in [2.05, 4.69) is 11.8 Å². The fourth-order valence-electron chi connectivity index (χ4n) is 2.36. The van der Waals surface area contributed by atoms with E-state index >= 15 is 0 Å². The molecule has 110 valence electrons. The molecule has 20 heavy (non-hydrogen) atoms. The van der Waals surface area contributed by atoms with Crippen LogP contribution in [0.3, 0.4) is 0 Å². The van der Waals surface area contributed by atoms with Gasteiger partial charge in [-0.2, -0.15) is 0 Å². The van der Waals surface area contributed by atoms with Crippen LogP contribution in [0.4, 0.5) is 0 Å². The average Bonchev–Trinajstić information content (AvgIpc) is 2.53. The fraction of sp³-hybridized carbons (Fsp3) is 0.533. The summed E-state index contributed by atoms with van der Waals surface area (Å²) in [6, 6.07) is 7.57. The minimum Gasteiger partial charge on any atom is -0.483 e. The summed E-state index contributed by atoms with van der Waals surface area (Å²) in [7, 11) is 0. The van der Waals surface area contributed by atoms with Gasteiger partial charge < -0.3 is 20.3 Å². The zero-order valence-corrected chi connectivity index (χ0v) is 12.0. The third kappa shape index (κ3) is 3.71. The number of amides is 1. The number of nitrogens with zero attached hydrogens (tertiary/aromatic N) is 2. The number of likely N-dealkylation sites (N-methyl/N-ethyl adjacent to an activating group) is 1. The molecule has 5 nitrogen and oxygen atoms in total. The number of hydrogen-bond acceptors (Lipinski definition) is 4. The average molecular weight is 277 g/mol. The SMILES string of the molecule is CCN1CCN(C(=O)COc2ccccc2CN)CC1. The van der Waals surface area contributed by atoms with E-state index in [9.17, 15) is 4.79 Å². The van der Waals surface area contributed by atoms with Crippen molar-refractivity contribution in [3.05, 3.63) is 29.8 Å². The summed E-state index contributed by atoms with van der Waals surface area (Å²) in [4.78, 5) is 16.3. The van der Waals surface area contributed by atoms with Crippen LogP contribution < -0.4 is 10.5 Å². The van der Waals surface area contributed by atoms with Crippen LogP contribution in [-0.2, 0) is 11.3 Å². The van der Waals surface area contributed by atoms with Crippen LogP contribution in [0.25, 0.3) is 0 Å². The number of ether oxygens (including phenoxy) is 1. The third-order valence-corrected chi connectivity index (χ3v) is 3.72. The Morgan fingerprint density at radius 1 is 1.25 bits per heavy atom. The van der Waals surface area contributed by atoms with Crippen molar-refractivity contribution in [1.29, 1.82) is 0 Å². The molecule has 1 aromatic rings. The molecular formula is C15H23N3O2. The highest BCUT2D eigenvalue weighted by Gasteiger charge is 2.20. The number of piperazine rings is 1. The highest BCUT2D eigenvalue weighted by Crippen LogP contribution is 2.17. The minimum atomic E-state index is 0.0487. The number of carbonyl (C=O) groups is 1. The minimum absolute atomic E-state index is 0.0487. The first kappa shape index (κ1) is 14.8. The van der Waals surface area contributed by atoms with E-state index in [1.54, 1.807) is 0 Å². The molecule has 0 radical (unpaired) electrons. The number of carbonyl (C=O) groups excluding carboxylic acids is 1. The second-order valence-corrected chi connectivity index (χ2v) is 4.92. The van der Waals surface area contributed by atoms with Crippen molar-refractivity contribution in [2.24, 2.45) is 5.73 Å². The van der Waals surface area contributed by atoms with Crippen molar-refractivity contribution < 1.29 is 9.53 Å². The third-order valence-electron chi connectivity index (χ3n) is 3.72. The van der Waals surface area contributed by atoms with E-state index in [1.165, 1.54) is 0 Å². The van der Waals surface area contributed by atoms with Gasteiger partial charge in [-0.25, -0.2) is 0 Å². The first-order valence-corrected chi connectivity index (χ1v) is 7.15. The Labute approximate surface area is 120 Å². The number of para-hydroxylation sites is 1. The molecule has 2 N–H and O–H groups in total.